The minimum absolute atomic E-state index is 0.173. The first-order chi connectivity index (χ1) is 8.67. The van der Waals surface area contributed by atoms with Gasteiger partial charge in [0.25, 0.3) is 0 Å². The van der Waals surface area contributed by atoms with E-state index in [4.69, 9.17) is 4.74 Å². The average molecular weight is 289 g/mol. The number of carbonyl (C=O) groups excluding carboxylic acids is 1. The second kappa shape index (κ2) is 8.44. The molecule has 0 fully saturated rings. The number of likely N-dealkylation sites (N-methyl/N-ethyl adjacent to an activating group) is 1. The molecule has 0 aliphatic heterocycles. The first-order valence-corrected chi connectivity index (χ1v) is 7.80. The highest BCUT2D eigenvalue weighted by atomic mass is 32.2. The summed E-state index contributed by atoms with van der Waals surface area (Å²) in [5, 5.41) is 12.1. The number of ether oxygens (including phenoxy) is 1. The van der Waals surface area contributed by atoms with E-state index >= 15 is 0 Å². The molecule has 0 aliphatic carbocycles. The van der Waals surface area contributed by atoms with Gasteiger partial charge in [-0.3, -0.25) is 4.79 Å². The van der Waals surface area contributed by atoms with Crippen LogP contribution >= 0.6 is 23.1 Å². The molecule has 1 N–H and O–H groups in total. The van der Waals surface area contributed by atoms with Crippen LogP contribution in [0.5, 0.6) is 0 Å². The third-order valence-electron chi connectivity index (χ3n) is 2.16. The van der Waals surface area contributed by atoms with Gasteiger partial charge in [-0.25, -0.2) is 0 Å². The van der Waals surface area contributed by atoms with Gasteiger partial charge in [-0.15, -0.1) is 10.2 Å². The number of hydrogen-bond acceptors (Lipinski definition) is 7. The van der Waals surface area contributed by atoms with E-state index in [1.165, 1.54) is 0 Å². The van der Waals surface area contributed by atoms with Crippen LogP contribution in [0.25, 0.3) is 0 Å². The van der Waals surface area contributed by atoms with Crippen LogP contribution in [0.1, 0.15) is 25.3 Å². The summed E-state index contributed by atoms with van der Waals surface area (Å²) in [5.41, 5.74) is 0. The second-order valence-electron chi connectivity index (χ2n) is 3.59. The predicted octanol–water partition coefficient (Wildman–Crippen LogP) is 1.87. The molecule has 1 unspecified atom stereocenters. The summed E-state index contributed by atoms with van der Waals surface area (Å²) in [6.45, 7) is 6.91. The van der Waals surface area contributed by atoms with Crippen molar-refractivity contribution in [1.29, 1.82) is 0 Å². The van der Waals surface area contributed by atoms with Gasteiger partial charge in [0.2, 0.25) is 0 Å². The minimum atomic E-state index is -0.225. The first kappa shape index (κ1) is 15.4. The van der Waals surface area contributed by atoms with Crippen LogP contribution in [0.3, 0.4) is 0 Å². The summed E-state index contributed by atoms with van der Waals surface area (Å²) in [5.74, 6) is 0.652. The van der Waals surface area contributed by atoms with Crippen molar-refractivity contribution in [2.45, 2.75) is 37.6 Å². The van der Waals surface area contributed by atoms with Gasteiger partial charge in [0.15, 0.2) is 4.34 Å². The smallest absolute Gasteiger partial charge is 0.323 e. The summed E-state index contributed by atoms with van der Waals surface area (Å²) in [7, 11) is 0. The lowest BCUT2D eigenvalue weighted by Crippen LogP contribution is -2.38. The van der Waals surface area contributed by atoms with Crippen LogP contribution < -0.4 is 5.32 Å². The van der Waals surface area contributed by atoms with E-state index in [9.17, 15) is 4.79 Å². The maximum absolute atomic E-state index is 11.7. The van der Waals surface area contributed by atoms with E-state index < -0.39 is 0 Å². The minimum Gasteiger partial charge on any atom is -0.465 e. The molecule has 1 aromatic heterocycles. The van der Waals surface area contributed by atoms with E-state index in [2.05, 4.69) is 15.5 Å². The molecule has 0 saturated carbocycles. The van der Waals surface area contributed by atoms with Gasteiger partial charge in [0, 0.05) is 5.75 Å². The number of hydrogen-bond donors (Lipinski definition) is 1. The molecule has 0 amide bonds. The second-order valence-corrected chi connectivity index (χ2v) is 6.11. The summed E-state index contributed by atoms with van der Waals surface area (Å²) < 4.78 is 5.98. The van der Waals surface area contributed by atoms with Crippen LogP contribution in [0.2, 0.25) is 0 Å². The zero-order chi connectivity index (χ0) is 13.4. The normalized spacial score (nSPS) is 12.4. The van der Waals surface area contributed by atoms with Crippen LogP contribution in [0.15, 0.2) is 4.34 Å². The Morgan fingerprint density at radius 2 is 2.28 bits per heavy atom. The Morgan fingerprint density at radius 1 is 1.50 bits per heavy atom. The highest BCUT2D eigenvalue weighted by Crippen LogP contribution is 2.22. The molecule has 0 bridgehead atoms. The monoisotopic (exact) mass is 289 g/mol. The number of esters is 1. The summed E-state index contributed by atoms with van der Waals surface area (Å²) in [4.78, 5) is 11.7. The number of thioether (sulfide) groups is 1. The Labute approximate surface area is 116 Å². The Kier molecular flexibility index (Phi) is 7.22. The van der Waals surface area contributed by atoms with Crippen LogP contribution in [-0.4, -0.2) is 41.1 Å². The Hall–Kier alpha value is -0.660. The molecule has 1 atom stereocenters. The molecule has 0 aliphatic rings. The lowest BCUT2D eigenvalue weighted by Gasteiger charge is -2.15. The maximum Gasteiger partial charge on any atom is 0.323 e. The van der Waals surface area contributed by atoms with E-state index in [0.717, 1.165) is 28.1 Å². The molecule has 0 radical (unpaired) electrons. The maximum atomic E-state index is 11.7. The molecule has 1 heterocycles. The molecule has 102 valence electrons. The quantitative estimate of drug-likeness (QED) is 0.582. The molecule has 0 spiro atoms. The van der Waals surface area contributed by atoms with Gasteiger partial charge in [-0.2, -0.15) is 0 Å². The number of nitrogens with one attached hydrogen (secondary N) is 1. The molecule has 5 nitrogen and oxygen atoms in total. The topological polar surface area (TPSA) is 64.1 Å². The lowest BCUT2D eigenvalue weighted by molar-refractivity contribution is -0.145. The Balaban J connectivity index is 2.35. The van der Waals surface area contributed by atoms with Gasteiger partial charge in [-0.1, -0.05) is 30.0 Å². The van der Waals surface area contributed by atoms with Gasteiger partial charge in [0.05, 0.1) is 6.61 Å². The van der Waals surface area contributed by atoms with Crippen molar-refractivity contribution in [3.8, 4) is 0 Å². The molecule has 18 heavy (non-hydrogen) atoms. The largest absolute Gasteiger partial charge is 0.465 e. The standard InChI is InChI=1S/C11H19N3O2S2/c1-4-12-9(10(15)16-5-2)6-7-17-11-14-13-8(3)18-11/h9,12H,4-7H2,1-3H3. The molecular formula is C11H19N3O2S2. The first-order valence-electron chi connectivity index (χ1n) is 6.00. The molecular weight excluding hydrogens is 270 g/mol. The van der Waals surface area contributed by atoms with Gasteiger partial charge in [-0.05, 0) is 26.8 Å². The number of rotatable bonds is 8. The number of aryl methyl sites for hydroxylation is 1. The predicted molar refractivity (Wildman–Crippen MR) is 74.1 cm³/mol. The zero-order valence-electron chi connectivity index (χ0n) is 10.9. The highest BCUT2D eigenvalue weighted by Gasteiger charge is 2.18. The summed E-state index contributed by atoms with van der Waals surface area (Å²) >= 11 is 3.20. The molecule has 0 saturated heterocycles. The Morgan fingerprint density at radius 3 is 2.83 bits per heavy atom. The van der Waals surface area contributed by atoms with Gasteiger partial charge in [0.1, 0.15) is 11.0 Å². The highest BCUT2D eigenvalue weighted by molar-refractivity contribution is 8.01. The van der Waals surface area contributed by atoms with Gasteiger partial charge < -0.3 is 10.1 Å². The molecule has 0 aromatic carbocycles. The fraction of sp³-hybridized carbons (Fsp3) is 0.727. The van der Waals surface area contributed by atoms with Crippen molar-refractivity contribution in [3.63, 3.8) is 0 Å². The van der Waals surface area contributed by atoms with E-state index in [-0.39, 0.29) is 12.0 Å². The van der Waals surface area contributed by atoms with Gasteiger partial charge >= 0.3 is 5.97 Å². The van der Waals surface area contributed by atoms with E-state index in [1.54, 1.807) is 23.1 Å². The summed E-state index contributed by atoms with van der Waals surface area (Å²) in [6, 6.07) is -0.225. The van der Waals surface area contributed by atoms with Crippen LogP contribution in [-0.2, 0) is 9.53 Å². The summed E-state index contributed by atoms with van der Waals surface area (Å²) in [6.07, 6.45) is 0.732. The third kappa shape index (κ3) is 5.32. The van der Waals surface area contributed by atoms with Crippen LogP contribution in [0.4, 0.5) is 0 Å². The lowest BCUT2D eigenvalue weighted by atomic mass is 10.2. The van der Waals surface area contributed by atoms with Crippen molar-refractivity contribution < 1.29 is 9.53 Å². The number of aromatic nitrogens is 2. The molecule has 7 heteroatoms. The number of carbonyl (C=O) groups is 1. The number of nitrogens with zero attached hydrogens (tertiary/aromatic N) is 2. The third-order valence-corrected chi connectivity index (χ3v) is 4.17. The average Bonchev–Trinajstić information content (AvgIpc) is 2.74. The van der Waals surface area contributed by atoms with E-state index in [0.29, 0.717) is 6.61 Å². The molecule has 1 aromatic rings. The van der Waals surface area contributed by atoms with Crippen molar-refractivity contribution in [1.82, 2.24) is 15.5 Å². The molecule has 1 rings (SSSR count). The fourth-order valence-electron chi connectivity index (χ4n) is 1.39. The van der Waals surface area contributed by atoms with Crippen molar-refractivity contribution in [2.75, 3.05) is 18.9 Å². The SMILES string of the molecule is CCNC(CCSc1nnc(C)s1)C(=O)OCC. The van der Waals surface area contributed by atoms with Crippen LogP contribution in [0, 0.1) is 6.92 Å². The van der Waals surface area contributed by atoms with E-state index in [1.807, 2.05) is 20.8 Å². The Bertz CT molecular complexity index is 371. The fourth-order valence-corrected chi connectivity index (χ4v) is 3.28. The van der Waals surface area contributed by atoms with Crippen molar-refractivity contribution in [3.05, 3.63) is 5.01 Å². The van der Waals surface area contributed by atoms with Crippen molar-refractivity contribution >= 4 is 29.1 Å². The zero-order valence-corrected chi connectivity index (χ0v) is 12.6. The van der Waals surface area contributed by atoms with Crippen molar-refractivity contribution in [2.24, 2.45) is 0 Å².